The van der Waals surface area contributed by atoms with Gasteiger partial charge < -0.3 is 19.7 Å². The van der Waals surface area contributed by atoms with Gasteiger partial charge in [0.15, 0.2) is 12.2 Å². The van der Waals surface area contributed by atoms with Crippen molar-refractivity contribution in [2.24, 2.45) is 17.3 Å². The van der Waals surface area contributed by atoms with Crippen LogP contribution in [0.3, 0.4) is 0 Å². The lowest BCUT2D eigenvalue weighted by Gasteiger charge is -2.29. The zero-order valence-electron chi connectivity index (χ0n) is 22.1. The van der Waals surface area contributed by atoms with Crippen LogP contribution >= 0.6 is 11.3 Å². The summed E-state index contributed by atoms with van der Waals surface area (Å²) in [5.74, 6) is -1.97. The van der Waals surface area contributed by atoms with Crippen molar-refractivity contribution in [3.05, 3.63) is 16.6 Å². The minimum absolute atomic E-state index is 0.0127. The molecule has 0 aromatic carbocycles. The van der Waals surface area contributed by atoms with E-state index in [2.05, 4.69) is 17.4 Å². The first-order chi connectivity index (χ1) is 16.9. The van der Waals surface area contributed by atoms with E-state index in [0.29, 0.717) is 35.2 Å². The lowest BCUT2D eigenvalue weighted by molar-refractivity contribution is -0.165. The molecule has 0 saturated carbocycles. The molecule has 2 aliphatic heterocycles. The maximum atomic E-state index is 13.1. The molecule has 10 heteroatoms. The van der Waals surface area contributed by atoms with Gasteiger partial charge in [-0.1, -0.05) is 40.5 Å². The Bertz CT molecular complexity index is 962. The van der Waals surface area contributed by atoms with Gasteiger partial charge in [0.25, 0.3) is 0 Å². The first kappa shape index (κ1) is 28.7. The van der Waals surface area contributed by atoms with Crippen LogP contribution in [0.4, 0.5) is 5.13 Å². The fraction of sp³-hybridized carbons (Fsp3) is 0.731. The van der Waals surface area contributed by atoms with Gasteiger partial charge in [-0.15, -0.1) is 11.3 Å². The summed E-state index contributed by atoms with van der Waals surface area (Å²) in [6, 6.07) is 0. The van der Waals surface area contributed by atoms with Gasteiger partial charge in [0.05, 0.1) is 12.8 Å². The van der Waals surface area contributed by atoms with Crippen LogP contribution in [0.15, 0.2) is 11.0 Å². The summed E-state index contributed by atoms with van der Waals surface area (Å²) in [5.41, 5.74) is 3.07. The highest BCUT2D eigenvalue weighted by Gasteiger charge is 2.63. The number of fused-ring (bicyclic) bond motifs is 1. The summed E-state index contributed by atoms with van der Waals surface area (Å²) in [6.07, 6.45) is 1.89. The molecule has 0 radical (unpaired) electrons. The van der Waals surface area contributed by atoms with Gasteiger partial charge in [0, 0.05) is 23.1 Å². The second-order valence-electron chi connectivity index (χ2n) is 10.9. The fourth-order valence-electron chi connectivity index (χ4n) is 5.03. The van der Waals surface area contributed by atoms with E-state index in [1.165, 1.54) is 18.4 Å². The molecule has 36 heavy (non-hydrogen) atoms. The standard InChI is InChI=1S/C26H40N2O7S/c1-15-8-7-9-19-26(32,35-19)23(31)21(16(2)13-18-14-36-24(27-18)28-33-6)34-20(29)10-11-25(4,5)22(30)17(3)12-15/h13-15,17,19,21,23,31-32H,7-12H2,1-6H3,(H,27,28). The van der Waals surface area contributed by atoms with E-state index in [-0.39, 0.29) is 18.1 Å². The number of ketones is 1. The highest BCUT2D eigenvalue weighted by Crippen LogP contribution is 2.43. The Morgan fingerprint density at radius 2 is 2.03 bits per heavy atom. The number of rotatable bonds is 4. The second kappa shape index (κ2) is 11.7. The number of carbonyl (C=O) groups excluding carboxylic acids is 2. The van der Waals surface area contributed by atoms with E-state index in [4.69, 9.17) is 14.3 Å². The van der Waals surface area contributed by atoms with E-state index in [0.717, 1.165) is 19.3 Å². The number of carbonyl (C=O) groups is 2. The molecule has 1 aromatic rings. The predicted molar refractivity (Wildman–Crippen MR) is 137 cm³/mol. The first-order valence-electron chi connectivity index (χ1n) is 12.6. The number of aromatic nitrogens is 1. The average Bonchev–Trinajstić information content (AvgIpc) is 3.27. The summed E-state index contributed by atoms with van der Waals surface area (Å²) in [5, 5.41) is 24.5. The molecule has 3 rings (SSSR count). The molecule has 2 aliphatic rings. The third-order valence-electron chi connectivity index (χ3n) is 7.23. The van der Waals surface area contributed by atoms with Crippen molar-refractivity contribution in [2.75, 3.05) is 12.6 Å². The van der Waals surface area contributed by atoms with Crippen molar-refractivity contribution >= 4 is 34.3 Å². The predicted octanol–water partition coefficient (Wildman–Crippen LogP) is 4.10. The van der Waals surface area contributed by atoms with Crippen LogP contribution in [0, 0.1) is 17.3 Å². The Balaban J connectivity index is 1.85. The number of thiazole rings is 1. The molecule has 9 nitrogen and oxygen atoms in total. The molecule has 2 fully saturated rings. The zero-order valence-corrected chi connectivity index (χ0v) is 22.9. The van der Waals surface area contributed by atoms with Crippen LogP contribution in [0.25, 0.3) is 6.08 Å². The molecular formula is C26H40N2O7S. The summed E-state index contributed by atoms with van der Waals surface area (Å²) in [6.45, 7) is 9.52. The van der Waals surface area contributed by atoms with Crippen molar-refractivity contribution in [3.63, 3.8) is 0 Å². The number of epoxide rings is 1. The van der Waals surface area contributed by atoms with Crippen LogP contribution in [-0.2, 0) is 23.9 Å². The topological polar surface area (TPSA) is 131 Å². The van der Waals surface area contributed by atoms with Crippen molar-refractivity contribution in [1.29, 1.82) is 0 Å². The number of aliphatic hydroxyl groups is 2. The minimum atomic E-state index is -1.78. The average molecular weight is 525 g/mol. The molecule has 0 amide bonds. The monoisotopic (exact) mass is 524 g/mol. The minimum Gasteiger partial charge on any atom is -0.455 e. The molecular weight excluding hydrogens is 484 g/mol. The lowest BCUT2D eigenvalue weighted by Crippen LogP contribution is -2.45. The molecule has 202 valence electrons. The number of hydrogen-bond acceptors (Lipinski definition) is 10. The molecule has 0 spiro atoms. The molecule has 2 saturated heterocycles. The normalized spacial score (nSPS) is 34.6. The summed E-state index contributed by atoms with van der Waals surface area (Å²) in [7, 11) is 1.49. The van der Waals surface area contributed by atoms with E-state index in [1.54, 1.807) is 18.4 Å². The van der Waals surface area contributed by atoms with E-state index >= 15 is 0 Å². The molecule has 3 heterocycles. The molecule has 0 aliphatic carbocycles. The highest BCUT2D eigenvalue weighted by molar-refractivity contribution is 7.13. The Labute approximate surface area is 217 Å². The molecule has 6 atom stereocenters. The number of esters is 1. The summed E-state index contributed by atoms with van der Waals surface area (Å²) < 4.78 is 11.3. The second-order valence-corrected chi connectivity index (χ2v) is 11.8. The van der Waals surface area contributed by atoms with E-state index in [9.17, 15) is 19.8 Å². The van der Waals surface area contributed by atoms with Gasteiger partial charge in [-0.05, 0) is 43.8 Å². The third kappa shape index (κ3) is 6.92. The van der Waals surface area contributed by atoms with Crippen LogP contribution < -0.4 is 5.48 Å². The number of aliphatic hydroxyl groups excluding tert-OH is 1. The van der Waals surface area contributed by atoms with Crippen molar-refractivity contribution in [3.8, 4) is 0 Å². The maximum absolute atomic E-state index is 13.1. The fourth-order valence-corrected chi connectivity index (χ4v) is 5.67. The number of anilines is 1. The maximum Gasteiger partial charge on any atom is 0.306 e. The van der Waals surface area contributed by atoms with Gasteiger partial charge in [-0.3, -0.25) is 14.4 Å². The summed E-state index contributed by atoms with van der Waals surface area (Å²) >= 11 is 1.33. The van der Waals surface area contributed by atoms with Crippen molar-refractivity contribution in [1.82, 2.24) is 4.98 Å². The molecule has 0 bridgehead atoms. The Morgan fingerprint density at radius 1 is 1.31 bits per heavy atom. The number of nitrogens with one attached hydrogen (secondary N) is 1. The quantitative estimate of drug-likeness (QED) is 0.303. The number of cyclic esters (lactones) is 1. The smallest absolute Gasteiger partial charge is 0.306 e. The first-order valence-corrected chi connectivity index (χ1v) is 13.5. The molecule has 3 N–H and O–H groups in total. The van der Waals surface area contributed by atoms with Crippen LogP contribution in [-0.4, -0.2) is 58.2 Å². The largest absolute Gasteiger partial charge is 0.455 e. The van der Waals surface area contributed by atoms with Crippen molar-refractivity contribution in [2.45, 2.75) is 97.2 Å². The van der Waals surface area contributed by atoms with Gasteiger partial charge in [-0.25, -0.2) is 10.5 Å². The van der Waals surface area contributed by atoms with Gasteiger partial charge in [0.2, 0.25) is 10.9 Å². The van der Waals surface area contributed by atoms with Crippen LogP contribution in [0.5, 0.6) is 0 Å². The Hall–Kier alpha value is -1.85. The van der Waals surface area contributed by atoms with Crippen LogP contribution in [0.2, 0.25) is 0 Å². The van der Waals surface area contributed by atoms with Crippen molar-refractivity contribution < 1.29 is 34.1 Å². The number of nitrogens with zero attached hydrogens (tertiary/aromatic N) is 1. The molecule has 6 unspecified atom stereocenters. The lowest BCUT2D eigenvalue weighted by atomic mass is 9.75. The third-order valence-corrected chi connectivity index (χ3v) is 7.98. The van der Waals surface area contributed by atoms with E-state index < -0.39 is 35.5 Å². The number of hydrogen-bond donors (Lipinski definition) is 3. The Morgan fingerprint density at radius 3 is 2.72 bits per heavy atom. The SMILES string of the molecule is CONc1nc(C=C(C)C2OC(=O)CCC(C)(C)C(=O)C(C)CC(C)CCCC3OC3(O)C2O)cs1. The highest BCUT2D eigenvalue weighted by atomic mass is 32.1. The van der Waals surface area contributed by atoms with Crippen LogP contribution in [0.1, 0.15) is 78.8 Å². The Kier molecular flexibility index (Phi) is 9.32. The van der Waals surface area contributed by atoms with E-state index in [1.807, 2.05) is 20.8 Å². The van der Waals surface area contributed by atoms with Gasteiger partial charge in [0.1, 0.15) is 11.9 Å². The molecule has 1 aromatic heterocycles. The van der Waals surface area contributed by atoms with Gasteiger partial charge >= 0.3 is 5.97 Å². The van der Waals surface area contributed by atoms with Gasteiger partial charge in [-0.2, -0.15) is 0 Å². The zero-order chi connectivity index (χ0) is 26.7. The number of Topliss-reactive ketones (excluding diaryl/α,β-unsaturated/α-hetero) is 1. The summed E-state index contributed by atoms with van der Waals surface area (Å²) in [4.78, 5) is 35.2. The number of ether oxygens (including phenoxy) is 2.